The van der Waals surface area contributed by atoms with Crippen LogP contribution in [0.3, 0.4) is 0 Å². The van der Waals surface area contributed by atoms with Gasteiger partial charge in [-0.25, -0.2) is 4.98 Å². The lowest BCUT2D eigenvalue weighted by molar-refractivity contribution is -0.141. The van der Waals surface area contributed by atoms with E-state index in [1.165, 1.54) is 12.1 Å². The molecule has 0 spiro atoms. The average Bonchev–Trinajstić information content (AvgIpc) is 2.80. The molecule has 104 valence electrons. The van der Waals surface area contributed by atoms with E-state index in [0.717, 1.165) is 12.5 Å². The summed E-state index contributed by atoms with van der Waals surface area (Å²) in [7, 11) is 0. The molecule has 0 bridgehead atoms. The van der Waals surface area contributed by atoms with Crippen LogP contribution in [0.15, 0.2) is 18.2 Å². The number of hydrogen-bond donors (Lipinski definition) is 2. The van der Waals surface area contributed by atoms with Crippen molar-refractivity contribution in [2.45, 2.75) is 30.8 Å². The van der Waals surface area contributed by atoms with Crippen LogP contribution in [-0.2, 0) is 10.9 Å². The molecular weight excluding hydrogens is 259 g/mol. The minimum atomic E-state index is -4.44. The maximum absolute atomic E-state index is 12.6. The minimum Gasteiger partial charge on any atom is -0.376 e. The molecule has 0 amide bonds. The van der Waals surface area contributed by atoms with Gasteiger partial charge in [-0.2, -0.15) is 13.2 Å². The van der Waals surface area contributed by atoms with E-state index < -0.39 is 11.9 Å². The van der Waals surface area contributed by atoms with Gasteiger partial charge in [0.1, 0.15) is 11.5 Å². The average molecular weight is 273 g/mol. The smallest absolute Gasteiger partial charge is 0.376 e. The Kier molecular flexibility index (Phi) is 2.90. The summed E-state index contributed by atoms with van der Waals surface area (Å²) in [6.45, 7) is 0.664. The number of nitrogens with zero attached hydrogens (tertiary/aromatic N) is 1. The number of pyridine rings is 1. The molecule has 1 aliphatic heterocycles. The van der Waals surface area contributed by atoms with Gasteiger partial charge < -0.3 is 15.8 Å². The highest BCUT2D eigenvalue weighted by atomic mass is 19.4. The highest BCUT2D eigenvalue weighted by Crippen LogP contribution is 2.39. The normalized spacial score (nSPS) is 33.7. The van der Waals surface area contributed by atoms with E-state index in [2.05, 4.69) is 10.3 Å². The molecule has 0 aromatic carbocycles. The Labute approximate surface area is 108 Å². The molecule has 1 aromatic heterocycles. The van der Waals surface area contributed by atoms with Gasteiger partial charge in [-0.15, -0.1) is 0 Å². The fraction of sp³-hybridized carbons (Fsp3) is 0.583. The number of rotatable bonds is 2. The van der Waals surface area contributed by atoms with Crippen LogP contribution in [0.25, 0.3) is 0 Å². The Morgan fingerprint density at radius 3 is 2.89 bits per heavy atom. The Bertz CT molecular complexity index is 480. The van der Waals surface area contributed by atoms with E-state index in [1.807, 2.05) is 0 Å². The van der Waals surface area contributed by atoms with Crippen molar-refractivity contribution < 1.29 is 17.9 Å². The summed E-state index contributed by atoms with van der Waals surface area (Å²) in [6.07, 6.45) is -3.53. The van der Waals surface area contributed by atoms with Crippen LogP contribution in [0.1, 0.15) is 12.1 Å². The Hall–Kier alpha value is -1.34. The maximum Gasteiger partial charge on any atom is 0.433 e. The lowest BCUT2D eigenvalue weighted by atomic mass is 9.72. The van der Waals surface area contributed by atoms with Crippen molar-refractivity contribution in [1.82, 2.24) is 4.98 Å². The van der Waals surface area contributed by atoms with Gasteiger partial charge in [0.25, 0.3) is 0 Å². The number of alkyl halides is 3. The molecule has 3 N–H and O–H groups in total. The van der Waals surface area contributed by atoms with Crippen LogP contribution in [0, 0.1) is 5.92 Å². The molecule has 1 aromatic rings. The lowest BCUT2D eigenvalue weighted by Crippen LogP contribution is -2.65. The quantitative estimate of drug-likeness (QED) is 0.859. The first-order valence-corrected chi connectivity index (χ1v) is 6.15. The number of nitrogens with two attached hydrogens (primary N) is 1. The van der Waals surface area contributed by atoms with E-state index in [0.29, 0.717) is 12.5 Å². The summed E-state index contributed by atoms with van der Waals surface area (Å²) in [5, 5.41) is 2.95. The van der Waals surface area contributed by atoms with Gasteiger partial charge >= 0.3 is 6.18 Å². The molecule has 19 heavy (non-hydrogen) atoms. The summed E-state index contributed by atoms with van der Waals surface area (Å²) in [5.41, 5.74) is 5.08. The third kappa shape index (κ3) is 2.17. The van der Waals surface area contributed by atoms with Crippen LogP contribution in [0.4, 0.5) is 19.0 Å². The summed E-state index contributed by atoms with van der Waals surface area (Å²) in [4.78, 5) is 3.57. The van der Waals surface area contributed by atoms with Gasteiger partial charge in [0, 0.05) is 18.6 Å². The largest absolute Gasteiger partial charge is 0.433 e. The Balaban J connectivity index is 1.74. The number of hydrogen-bond acceptors (Lipinski definition) is 4. The van der Waals surface area contributed by atoms with Crippen molar-refractivity contribution in [3.8, 4) is 0 Å². The van der Waals surface area contributed by atoms with Crippen molar-refractivity contribution in [3.63, 3.8) is 0 Å². The van der Waals surface area contributed by atoms with Gasteiger partial charge in [-0.05, 0) is 18.6 Å². The van der Waals surface area contributed by atoms with Gasteiger partial charge in [-0.3, -0.25) is 0 Å². The zero-order valence-electron chi connectivity index (χ0n) is 10.0. The Morgan fingerprint density at radius 1 is 1.37 bits per heavy atom. The van der Waals surface area contributed by atoms with Crippen molar-refractivity contribution in [2.75, 3.05) is 11.9 Å². The van der Waals surface area contributed by atoms with Crippen LogP contribution in [-0.4, -0.2) is 29.8 Å². The van der Waals surface area contributed by atoms with Gasteiger partial charge in [-0.1, -0.05) is 6.07 Å². The van der Waals surface area contributed by atoms with E-state index in [-0.39, 0.29) is 24.0 Å². The van der Waals surface area contributed by atoms with Crippen LogP contribution in [0.5, 0.6) is 0 Å². The molecule has 0 radical (unpaired) electrons. The second-order valence-corrected chi connectivity index (χ2v) is 4.94. The van der Waals surface area contributed by atoms with Crippen LogP contribution < -0.4 is 11.1 Å². The third-order valence-corrected chi connectivity index (χ3v) is 3.80. The van der Waals surface area contributed by atoms with E-state index in [9.17, 15) is 13.2 Å². The lowest BCUT2D eigenvalue weighted by Gasteiger charge is -2.45. The number of halogens is 3. The number of ether oxygens (including phenoxy) is 1. The topological polar surface area (TPSA) is 60.2 Å². The third-order valence-electron chi connectivity index (χ3n) is 3.80. The molecule has 1 saturated carbocycles. The minimum absolute atomic E-state index is 0.00802. The van der Waals surface area contributed by atoms with Gasteiger partial charge in [0.15, 0.2) is 0 Å². The summed E-state index contributed by atoms with van der Waals surface area (Å²) >= 11 is 0. The fourth-order valence-corrected chi connectivity index (χ4v) is 2.77. The number of fused-ring (bicyclic) bond motifs is 1. The van der Waals surface area contributed by atoms with E-state index in [1.54, 1.807) is 0 Å². The standard InChI is InChI=1S/C12H14F3N3O/c13-12(14,15)7-2-1-3-8(17-7)18-10-9(16)6-4-5-19-11(6)10/h1-3,6,9-11H,4-5,16H2,(H,17,18). The predicted molar refractivity (Wildman–Crippen MR) is 62.5 cm³/mol. The van der Waals surface area contributed by atoms with Gasteiger partial charge in [0.05, 0.1) is 12.1 Å². The first kappa shape index (κ1) is 12.7. The SMILES string of the molecule is NC1C2CCOC2C1Nc1cccc(C(F)(F)F)n1. The first-order chi connectivity index (χ1) is 8.97. The maximum atomic E-state index is 12.6. The van der Waals surface area contributed by atoms with Crippen molar-refractivity contribution in [3.05, 3.63) is 23.9 Å². The molecule has 2 aliphatic rings. The zero-order valence-corrected chi connectivity index (χ0v) is 10.0. The first-order valence-electron chi connectivity index (χ1n) is 6.15. The monoisotopic (exact) mass is 273 g/mol. The summed E-state index contributed by atoms with van der Waals surface area (Å²) in [6, 6.07) is 3.52. The molecule has 1 saturated heterocycles. The van der Waals surface area contributed by atoms with E-state index in [4.69, 9.17) is 10.5 Å². The number of anilines is 1. The molecule has 2 fully saturated rings. The van der Waals surface area contributed by atoms with E-state index >= 15 is 0 Å². The highest BCUT2D eigenvalue weighted by molar-refractivity contribution is 5.40. The Morgan fingerprint density at radius 2 is 2.16 bits per heavy atom. The van der Waals surface area contributed by atoms with Crippen molar-refractivity contribution in [2.24, 2.45) is 11.7 Å². The second-order valence-electron chi connectivity index (χ2n) is 4.94. The molecule has 1 aliphatic carbocycles. The zero-order chi connectivity index (χ0) is 13.6. The van der Waals surface area contributed by atoms with Crippen LogP contribution in [0.2, 0.25) is 0 Å². The molecule has 4 atom stereocenters. The number of aromatic nitrogens is 1. The molecule has 3 rings (SSSR count). The molecular formula is C12H14F3N3O. The molecule has 7 heteroatoms. The molecule has 4 nitrogen and oxygen atoms in total. The second kappa shape index (κ2) is 4.35. The van der Waals surface area contributed by atoms with Gasteiger partial charge in [0.2, 0.25) is 0 Å². The predicted octanol–water partition coefficient (Wildman–Crippen LogP) is 1.63. The number of nitrogens with one attached hydrogen (secondary N) is 1. The van der Waals surface area contributed by atoms with Crippen molar-refractivity contribution >= 4 is 5.82 Å². The summed E-state index contributed by atoms with van der Waals surface area (Å²) in [5.74, 6) is 0.493. The molecule has 2 heterocycles. The fourth-order valence-electron chi connectivity index (χ4n) is 2.77. The molecule has 4 unspecified atom stereocenters. The van der Waals surface area contributed by atoms with Crippen LogP contribution >= 0.6 is 0 Å². The summed E-state index contributed by atoms with van der Waals surface area (Å²) < 4.78 is 43.2. The van der Waals surface area contributed by atoms with Crippen molar-refractivity contribution in [1.29, 1.82) is 0 Å². The highest BCUT2D eigenvalue weighted by Gasteiger charge is 2.52.